The van der Waals surface area contributed by atoms with Crippen molar-refractivity contribution < 1.29 is 9.18 Å². The lowest BCUT2D eigenvalue weighted by atomic mass is 9.94. The van der Waals surface area contributed by atoms with Crippen LogP contribution in [-0.4, -0.2) is 24.0 Å². The van der Waals surface area contributed by atoms with E-state index in [1.54, 1.807) is 17.0 Å². The van der Waals surface area contributed by atoms with Crippen molar-refractivity contribution in [2.45, 2.75) is 41.2 Å². The quantitative estimate of drug-likeness (QED) is 0.755. The Balaban J connectivity index is 2.37. The van der Waals surface area contributed by atoms with Gasteiger partial charge in [0.15, 0.2) is 0 Å². The van der Waals surface area contributed by atoms with Crippen molar-refractivity contribution in [3.05, 3.63) is 54.0 Å². The maximum atomic E-state index is 13.3. The molecule has 2 aromatic rings. The van der Waals surface area contributed by atoms with Gasteiger partial charge in [0.1, 0.15) is 11.6 Å². The summed E-state index contributed by atoms with van der Waals surface area (Å²) >= 11 is 0. The summed E-state index contributed by atoms with van der Waals surface area (Å²) in [4.78, 5) is 21.5. The third-order valence-corrected chi connectivity index (χ3v) is 4.22. The molecular weight excluding hydrogens is 329 g/mol. The molecule has 0 aliphatic carbocycles. The van der Waals surface area contributed by atoms with Crippen molar-refractivity contribution in [1.82, 2.24) is 4.98 Å². The minimum absolute atomic E-state index is 0.0286. The largest absolute Gasteiger partial charge is 0.357 e. The van der Waals surface area contributed by atoms with Crippen LogP contribution >= 0.6 is 0 Å². The molecule has 4 nitrogen and oxygen atoms in total. The first-order chi connectivity index (χ1) is 12.3. The fourth-order valence-corrected chi connectivity index (χ4v) is 2.75. The molecule has 0 saturated heterocycles. The summed E-state index contributed by atoms with van der Waals surface area (Å²) < 4.78 is 13.3. The van der Waals surface area contributed by atoms with Crippen molar-refractivity contribution in [3.8, 4) is 0 Å². The van der Waals surface area contributed by atoms with E-state index in [2.05, 4.69) is 18.7 Å². The van der Waals surface area contributed by atoms with Gasteiger partial charge in [-0.25, -0.2) is 9.37 Å². The smallest absolute Gasteiger partial charge is 0.232 e. The third-order valence-electron chi connectivity index (χ3n) is 4.22. The lowest BCUT2D eigenvalue weighted by Gasteiger charge is -2.30. The Hall–Kier alpha value is -2.43. The normalized spacial score (nSPS) is 11.3. The van der Waals surface area contributed by atoms with Gasteiger partial charge in [-0.1, -0.05) is 26.8 Å². The van der Waals surface area contributed by atoms with Crippen LogP contribution in [0.4, 0.5) is 15.9 Å². The molecule has 2 rings (SSSR count). The third kappa shape index (κ3) is 4.81. The molecule has 0 radical (unpaired) electrons. The second kappa shape index (κ2) is 8.30. The van der Waals surface area contributed by atoms with Gasteiger partial charge >= 0.3 is 0 Å². The summed E-state index contributed by atoms with van der Waals surface area (Å²) in [5.74, 6) is 0.549. The number of pyridine rings is 1. The molecule has 1 amide bonds. The van der Waals surface area contributed by atoms with Gasteiger partial charge in [0, 0.05) is 24.2 Å². The molecule has 0 atom stereocenters. The summed E-state index contributed by atoms with van der Waals surface area (Å²) in [7, 11) is 0. The Labute approximate surface area is 155 Å². The average molecular weight is 357 g/mol. The van der Waals surface area contributed by atoms with E-state index in [0.29, 0.717) is 12.2 Å². The predicted octanol–water partition coefficient (Wildman–Crippen LogP) is 4.65. The van der Waals surface area contributed by atoms with Gasteiger partial charge in [-0.05, 0) is 50.2 Å². The van der Waals surface area contributed by atoms with Crippen molar-refractivity contribution in [3.63, 3.8) is 0 Å². The number of hydrogen-bond donors (Lipinski definition) is 0. The van der Waals surface area contributed by atoms with Crippen molar-refractivity contribution in [2.75, 3.05) is 22.9 Å². The van der Waals surface area contributed by atoms with Gasteiger partial charge in [-0.15, -0.1) is 0 Å². The highest BCUT2D eigenvalue weighted by Gasteiger charge is 2.28. The molecule has 0 saturated carbocycles. The van der Waals surface area contributed by atoms with E-state index < -0.39 is 5.41 Å². The van der Waals surface area contributed by atoms with Crippen molar-refractivity contribution in [2.24, 2.45) is 5.41 Å². The van der Waals surface area contributed by atoms with Crippen LogP contribution in [0.5, 0.6) is 0 Å². The standard InChI is InChI=1S/C21H28FN3O/c1-6-24(7-2)19-10-8-9-17(23-19)15-25(20(26)21(3,4)5)18-13-11-16(22)12-14-18/h8-14H,6-7,15H2,1-5H3. The van der Waals surface area contributed by atoms with Crippen molar-refractivity contribution in [1.29, 1.82) is 0 Å². The van der Waals surface area contributed by atoms with Crippen LogP contribution in [-0.2, 0) is 11.3 Å². The molecular formula is C21H28FN3O. The topological polar surface area (TPSA) is 36.4 Å². The number of amides is 1. The Bertz CT molecular complexity index is 734. The van der Waals surface area contributed by atoms with Gasteiger partial charge in [0.05, 0.1) is 12.2 Å². The highest BCUT2D eigenvalue weighted by Crippen LogP contribution is 2.25. The second-order valence-corrected chi connectivity index (χ2v) is 7.28. The van der Waals surface area contributed by atoms with E-state index in [4.69, 9.17) is 4.98 Å². The molecule has 1 aromatic heterocycles. The minimum Gasteiger partial charge on any atom is -0.357 e. The van der Waals surface area contributed by atoms with E-state index in [9.17, 15) is 9.18 Å². The van der Waals surface area contributed by atoms with Crippen LogP contribution in [0.1, 0.15) is 40.3 Å². The van der Waals surface area contributed by atoms with Gasteiger partial charge in [0.2, 0.25) is 5.91 Å². The lowest BCUT2D eigenvalue weighted by molar-refractivity contribution is -0.125. The highest BCUT2D eigenvalue weighted by molar-refractivity contribution is 5.96. The number of hydrogen-bond acceptors (Lipinski definition) is 3. The molecule has 1 heterocycles. The zero-order chi connectivity index (χ0) is 19.3. The van der Waals surface area contributed by atoms with E-state index in [-0.39, 0.29) is 11.7 Å². The van der Waals surface area contributed by atoms with E-state index in [1.165, 1.54) is 12.1 Å². The highest BCUT2D eigenvalue weighted by atomic mass is 19.1. The monoisotopic (exact) mass is 357 g/mol. The first kappa shape index (κ1) is 19.9. The zero-order valence-electron chi connectivity index (χ0n) is 16.3. The molecule has 0 spiro atoms. The number of anilines is 2. The summed E-state index contributed by atoms with van der Waals surface area (Å²) in [6, 6.07) is 11.9. The number of aromatic nitrogens is 1. The van der Waals surface area contributed by atoms with Crippen LogP contribution in [0, 0.1) is 11.2 Å². The van der Waals surface area contributed by atoms with Crippen LogP contribution < -0.4 is 9.80 Å². The Morgan fingerprint density at radius 3 is 2.19 bits per heavy atom. The lowest BCUT2D eigenvalue weighted by Crippen LogP contribution is -2.39. The van der Waals surface area contributed by atoms with E-state index in [1.807, 2.05) is 39.0 Å². The number of carbonyl (C=O) groups is 1. The minimum atomic E-state index is -0.551. The number of nitrogens with zero attached hydrogens (tertiary/aromatic N) is 3. The summed E-state index contributed by atoms with van der Waals surface area (Å²) in [6.45, 7) is 11.9. The van der Waals surface area contributed by atoms with Crippen LogP contribution in [0.25, 0.3) is 0 Å². The maximum absolute atomic E-state index is 13.3. The van der Waals surface area contributed by atoms with Gasteiger partial charge in [-0.2, -0.15) is 0 Å². The van der Waals surface area contributed by atoms with Gasteiger partial charge < -0.3 is 9.80 Å². The molecule has 0 aliphatic heterocycles. The fraction of sp³-hybridized carbons (Fsp3) is 0.429. The Morgan fingerprint density at radius 2 is 1.65 bits per heavy atom. The maximum Gasteiger partial charge on any atom is 0.232 e. The molecule has 140 valence electrons. The average Bonchev–Trinajstić information content (AvgIpc) is 2.61. The molecule has 0 N–H and O–H groups in total. The molecule has 0 fully saturated rings. The number of rotatable bonds is 6. The number of carbonyl (C=O) groups excluding carboxylic acids is 1. The zero-order valence-corrected chi connectivity index (χ0v) is 16.3. The summed E-state index contributed by atoms with van der Waals surface area (Å²) in [5.41, 5.74) is 0.919. The molecule has 0 aliphatic rings. The number of halogens is 1. The molecule has 0 unspecified atom stereocenters. The van der Waals surface area contributed by atoms with Crippen molar-refractivity contribution >= 4 is 17.4 Å². The van der Waals surface area contributed by atoms with Gasteiger partial charge in [-0.3, -0.25) is 4.79 Å². The van der Waals surface area contributed by atoms with Crippen LogP contribution in [0.2, 0.25) is 0 Å². The Kier molecular flexibility index (Phi) is 6.35. The number of benzene rings is 1. The predicted molar refractivity (Wildman–Crippen MR) is 105 cm³/mol. The fourth-order valence-electron chi connectivity index (χ4n) is 2.75. The SMILES string of the molecule is CCN(CC)c1cccc(CN(C(=O)C(C)(C)C)c2ccc(F)cc2)n1. The Morgan fingerprint density at radius 1 is 1.04 bits per heavy atom. The molecule has 0 bridgehead atoms. The first-order valence-electron chi connectivity index (χ1n) is 9.04. The van der Waals surface area contributed by atoms with E-state index in [0.717, 1.165) is 24.6 Å². The van der Waals surface area contributed by atoms with Gasteiger partial charge in [0.25, 0.3) is 0 Å². The van der Waals surface area contributed by atoms with Crippen LogP contribution in [0.3, 0.4) is 0 Å². The summed E-state index contributed by atoms with van der Waals surface area (Å²) in [6.07, 6.45) is 0. The summed E-state index contributed by atoms with van der Waals surface area (Å²) in [5, 5.41) is 0. The molecule has 26 heavy (non-hydrogen) atoms. The second-order valence-electron chi connectivity index (χ2n) is 7.28. The van der Waals surface area contributed by atoms with Crippen LogP contribution in [0.15, 0.2) is 42.5 Å². The molecule has 5 heteroatoms. The van der Waals surface area contributed by atoms with E-state index >= 15 is 0 Å². The first-order valence-corrected chi connectivity index (χ1v) is 9.04. The molecule has 1 aromatic carbocycles.